The molecule has 1 rings (SSSR count). The molecule has 1 heteroatoms. The predicted molar refractivity (Wildman–Crippen MR) is 60.2 cm³/mol. The number of Topliss-reactive ketones (excluding diaryl/α,β-unsaturated/α-hetero) is 1. The third kappa shape index (κ3) is 2.34. The first-order valence-corrected chi connectivity index (χ1v) is 5.39. The minimum Gasteiger partial charge on any atom is -0.294 e. The Morgan fingerprint density at radius 3 is 2.64 bits per heavy atom. The zero-order valence-electron chi connectivity index (χ0n) is 9.68. The highest BCUT2D eigenvalue weighted by atomic mass is 16.1. The molecule has 14 heavy (non-hydrogen) atoms. The molecule has 1 aliphatic rings. The Kier molecular flexibility index (Phi) is 3.30. The summed E-state index contributed by atoms with van der Waals surface area (Å²) < 4.78 is 0. The summed E-state index contributed by atoms with van der Waals surface area (Å²) in [5.74, 6) is 0.297. The van der Waals surface area contributed by atoms with Gasteiger partial charge in [0.2, 0.25) is 0 Å². The topological polar surface area (TPSA) is 17.1 Å². The maximum atomic E-state index is 11.8. The van der Waals surface area contributed by atoms with Crippen LogP contribution in [0.1, 0.15) is 47.0 Å². The fraction of sp³-hybridized carbons (Fsp3) is 0.615. The van der Waals surface area contributed by atoms with Crippen LogP contribution in [0.5, 0.6) is 0 Å². The highest BCUT2D eigenvalue weighted by molar-refractivity contribution is 6.00. The van der Waals surface area contributed by atoms with Crippen molar-refractivity contribution in [1.82, 2.24) is 0 Å². The van der Waals surface area contributed by atoms with Crippen LogP contribution in [0.25, 0.3) is 0 Å². The number of rotatable bonds is 2. The van der Waals surface area contributed by atoms with Gasteiger partial charge in [-0.3, -0.25) is 4.79 Å². The molecule has 0 atom stereocenters. The molecule has 78 valence electrons. The van der Waals surface area contributed by atoms with Gasteiger partial charge in [-0.25, -0.2) is 0 Å². The molecule has 0 heterocycles. The van der Waals surface area contributed by atoms with Crippen LogP contribution in [0.15, 0.2) is 23.3 Å². The van der Waals surface area contributed by atoms with Gasteiger partial charge in [-0.1, -0.05) is 44.9 Å². The Balaban J connectivity index is 2.91. The molecular weight excluding hydrogens is 172 g/mol. The van der Waals surface area contributed by atoms with Crippen molar-refractivity contribution < 1.29 is 4.79 Å². The Morgan fingerprint density at radius 2 is 2.14 bits per heavy atom. The van der Waals surface area contributed by atoms with Gasteiger partial charge in [0.1, 0.15) is 0 Å². The number of allylic oxidation sites excluding steroid dienone is 4. The number of hydrogen-bond acceptors (Lipinski definition) is 1. The van der Waals surface area contributed by atoms with Gasteiger partial charge in [0.25, 0.3) is 0 Å². The molecule has 0 saturated carbocycles. The molecule has 0 fully saturated rings. The van der Waals surface area contributed by atoms with Gasteiger partial charge in [0, 0.05) is 5.41 Å². The van der Waals surface area contributed by atoms with E-state index in [4.69, 9.17) is 0 Å². The molecule has 0 aromatic heterocycles. The zero-order valence-corrected chi connectivity index (χ0v) is 9.68. The molecule has 0 bridgehead atoms. The van der Waals surface area contributed by atoms with E-state index < -0.39 is 0 Å². The number of hydrogen-bond donors (Lipinski definition) is 0. The second-order valence-electron chi connectivity index (χ2n) is 4.78. The van der Waals surface area contributed by atoms with Crippen LogP contribution in [0, 0.1) is 5.41 Å². The average Bonchev–Trinajstić information content (AvgIpc) is 2.10. The van der Waals surface area contributed by atoms with Crippen molar-refractivity contribution in [3.8, 4) is 0 Å². The summed E-state index contributed by atoms with van der Waals surface area (Å²) in [5.41, 5.74) is 2.04. The molecule has 1 aliphatic carbocycles. The van der Waals surface area contributed by atoms with E-state index >= 15 is 0 Å². The SMILES string of the molecule is CCC/C=C1\C=C(C)C(=O)C(C)(C)C1. The van der Waals surface area contributed by atoms with Crippen LogP contribution in [0.2, 0.25) is 0 Å². The van der Waals surface area contributed by atoms with Crippen LogP contribution < -0.4 is 0 Å². The molecule has 0 aliphatic heterocycles. The summed E-state index contributed by atoms with van der Waals surface area (Å²) in [6.45, 7) is 8.16. The van der Waals surface area contributed by atoms with Crippen molar-refractivity contribution in [1.29, 1.82) is 0 Å². The molecule has 0 unspecified atom stereocenters. The maximum absolute atomic E-state index is 11.8. The number of unbranched alkanes of at least 4 members (excludes halogenated alkanes) is 1. The van der Waals surface area contributed by atoms with E-state index in [2.05, 4.69) is 13.0 Å². The molecule has 0 aromatic rings. The molecule has 0 spiro atoms. The quantitative estimate of drug-likeness (QED) is 0.652. The summed E-state index contributed by atoms with van der Waals surface area (Å²) >= 11 is 0. The summed E-state index contributed by atoms with van der Waals surface area (Å²) in [6, 6.07) is 0. The zero-order chi connectivity index (χ0) is 10.8. The van der Waals surface area contributed by atoms with Gasteiger partial charge in [0.05, 0.1) is 0 Å². The Bertz CT molecular complexity index is 292. The molecule has 0 saturated heterocycles. The fourth-order valence-electron chi connectivity index (χ4n) is 1.98. The van der Waals surface area contributed by atoms with Gasteiger partial charge >= 0.3 is 0 Å². The lowest BCUT2D eigenvalue weighted by molar-refractivity contribution is -0.123. The molecule has 0 radical (unpaired) electrons. The second kappa shape index (κ2) is 4.12. The summed E-state index contributed by atoms with van der Waals surface area (Å²) in [4.78, 5) is 11.8. The van der Waals surface area contributed by atoms with Crippen LogP contribution in [-0.2, 0) is 4.79 Å². The van der Waals surface area contributed by atoms with Crippen molar-refractivity contribution in [3.05, 3.63) is 23.3 Å². The summed E-state index contributed by atoms with van der Waals surface area (Å²) in [7, 11) is 0. The summed E-state index contributed by atoms with van der Waals surface area (Å²) in [5, 5.41) is 0. The minimum atomic E-state index is -0.196. The Labute approximate surface area is 86.9 Å². The van der Waals surface area contributed by atoms with Crippen molar-refractivity contribution in [2.24, 2.45) is 5.41 Å². The predicted octanol–water partition coefficient (Wildman–Crippen LogP) is 3.66. The van der Waals surface area contributed by atoms with Gasteiger partial charge < -0.3 is 0 Å². The molecule has 1 nitrogen and oxygen atoms in total. The molecule has 0 aromatic carbocycles. The maximum Gasteiger partial charge on any atom is 0.164 e. The Hall–Kier alpha value is -0.850. The van der Waals surface area contributed by atoms with E-state index in [1.807, 2.05) is 26.8 Å². The number of carbonyl (C=O) groups excluding carboxylic acids is 1. The highest BCUT2D eigenvalue weighted by Crippen LogP contribution is 2.34. The number of ketones is 1. The van der Waals surface area contributed by atoms with E-state index in [9.17, 15) is 4.79 Å². The van der Waals surface area contributed by atoms with Crippen LogP contribution in [-0.4, -0.2) is 5.78 Å². The fourth-order valence-corrected chi connectivity index (χ4v) is 1.98. The lowest BCUT2D eigenvalue weighted by Crippen LogP contribution is -2.28. The molecule has 0 amide bonds. The van der Waals surface area contributed by atoms with Gasteiger partial charge in [-0.2, -0.15) is 0 Å². The summed E-state index contributed by atoms with van der Waals surface area (Å²) in [6.07, 6.45) is 7.48. The van der Waals surface area contributed by atoms with E-state index in [1.54, 1.807) is 0 Å². The first-order chi connectivity index (χ1) is 6.47. The van der Waals surface area contributed by atoms with Crippen molar-refractivity contribution in [2.75, 3.05) is 0 Å². The first-order valence-electron chi connectivity index (χ1n) is 5.39. The van der Waals surface area contributed by atoms with Gasteiger partial charge in [0.15, 0.2) is 5.78 Å². The first kappa shape index (κ1) is 11.2. The van der Waals surface area contributed by atoms with Crippen molar-refractivity contribution in [3.63, 3.8) is 0 Å². The minimum absolute atomic E-state index is 0.196. The largest absolute Gasteiger partial charge is 0.294 e. The standard InChI is InChI=1S/C13H20O/c1-5-6-7-11-8-10(2)12(14)13(3,4)9-11/h7-8H,5-6,9H2,1-4H3/b11-7+. The van der Waals surface area contributed by atoms with E-state index in [0.717, 1.165) is 18.4 Å². The lowest BCUT2D eigenvalue weighted by atomic mass is 9.74. The van der Waals surface area contributed by atoms with E-state index in [-0.39, 0.29) is 5.41 Å². The average molecular weight is 192 g/mol. The van der Waals surface area contributed by atoms with Crippen molar-refractivity contribution in [2.45, 2.75) is 47.0 Å². The van der Waals surface area contributed by atoms with Crippen LogP contribution in [0.4, 0.5) is 0 Å². The molecular formula is C13H20O. The van der Waals surface area contributed by atoms with E-state index in [1.165, 1.54) is 12.0 Å². The third-order valence-electron chi connectivity index (χ3n) is 2.72. The molecule has 0 N–H and O–H groups in total. The van der Waals surface area contributed by atoms with Crippen LogP contribution in [0.3, 0.4) is 0 Å². The smallest absolute Gasteiger partial charge is 0.164 e. The van der Waals surface area contributed by atoms with Crippen molar-refractivity contribution >= 4 is 5.78 Å². The monoisotopic (exact) mass is 192 g/mol. The van der Waals surface area contributed by atoms with Gasteiger partial charge in [-0.15, -0.1) is 0 Å². The number of carbonyl (C=O) groups is 1. The van der Waals surface area contributed by atoms with Crippen LogP contribution >= 0.6 is 0 Å². The van der Waals surface area contributed by atoms with E-state index in [0.29, 0.717) is 5.78 Å². The highest BCUT2D eigenvalue weighted by Gasteiger charge is 2.32. The van der Waals surface area contributed by atoms with Gasteiger partial charge in [-0.05, 0) is 25.3 Å². The Morgan fingerprint density at radius 1 is 1.50 bits per heavy atom. The third-order valence-corrected chi connectivity index (χ3v) is 2.72. The lowest BCUT2D eigenvalue weighted by Gasteiger charge is -2.28. The normalized spacial score (nSPS) is 23.9. The second-order valence-corrected chi connectivity index (χ2v) is 4.78.